The van der Waals surface area contributed by atoms with Crippen molar-refractivity contribution in [3.8, 4) is 0 Å². The fourth-order valence-corrected chi connectivity index (χ4v) is 2.55. The average molecular weight is 292 g/mol. The van der Waals surface area contributed by atoms with Gasteiger partial charge in [-0.1, -0.05) is 35.4 Å². The largest absolute Gasteiger partial charge is 0.344 e. The number of hydrogen-bond acceptors (Lipinski definition) is 5. The number of H-pyrrole nitrogens is 1. The number of anilines is 1. The van der Waals surface area contributed by atoms with Crippen LogP contribution >= 0.6 is 0 Å². The highest BCUT2D eigenvalue weighted by Crippen LogP contribution is 2.32. The van der Waals surface area contributed by atoms with Gasteiger partial charge in [0.25, 0.3) is 11.9 Å². The zero-order chi connectivity index (χ0) is 14.9. The lowest BCUT2D eigenvalue weighted by atomic mass is 9.96. The van der Waals surface area contributed by atoms with Crippen LogP contribution < -0.4 is 5.32 Å². The van der Waals surface area contributed by atoms with Gasteiger partial charge in [0.1, 0.15) is 0 Å². The van der Waals surface area contributed by atoms with Gasteiger partial charge >= 0.3 is 0 Å². The summed E-state index contributed by atoms with van der Waals surface area (Å²) in [5.74, 6) is -0.0868. The Kier molecular flexibility index (Phi) is 2.82. The first-order valence-electron chi connectivity index (χ1n) is 6.82. The third-order valence-corrected chi connectivity index (χ3v) is 3.61. The predicted molar refractivity (Wildman–Crippen MR) is 81.0 cm³/mol. The number of carbonyl (C=O) groups excluding carboxylic acids is 1. The Bertz CT molecular complexity index is 818. The van der Waals surface area contributed by atoms with Crippen molar-refractivity contribution in [3.63, 3.8) is 0 Å². The smallest absolute Gasteiger partial charge is 0.270 e. The van der Waals surface area contributed by atoms with E-state index in [0.29, 0.717) is 12.1 Å². The number of nitrogens with one attached hydrogen (secondary N) is 2. The number of rotatable bonds is 2. The van der Waals surface area contributed by atoms with Gasteiger partial charge in [-0.25, -0.2) is 0 Å². The number of amides is 1. The van der Waals surface area contributed by atoms with Crippen LogP contribution in [-0.2, 0) is 4.79 Å². The molecule has 0 atom stereocenters. The monoisotopic (exact) mass is 292 g/mol. The molecule has 2 N–H and O–H groups in total. The predicted octanol–water partition coefficient (Wildman–Crippen LogP) is 1.41. The van der Waals surface area contributed by atoms with Crippen molar-refractivity contribution in [2.75, 3.05) is 11.9 Å². The normalized spacial score (nSPS) is 15.5. The van der Waals surface area contributed by atoms with Crippen LogP contribution in [0.15, 0.2) is 48.2 Å². The lowest BCUT2D eigenvalue weighted by molar-refractivity contribution is -0.112. The molecule has 22 heavy (non-hydrogen) atoms. The molecule has 2 aliphatic rings. The van der Waals surface area contributed by atoms with Crippen LogP contribution in [0.3, 0.4) is 0 Å². The van der Waals surface area contributed by atoms with Gasteiger partial charge in [-0.15, -0.1) is 5.10 Å². The summed E-state index contributed by atoms with van der Waals surface area (Å²) in [6.07, 6.45) is 7.85. The molecule has 0 saturated carbocycles. The highest BCUT2D eigenvalue weighted by Gasteiger charge is 2.22. The van der Waals surface area contributed by atoms with E-state index in [9.17, 15) is 4.79 Å². The third kappa shape index (κ3) is 2.08. The van der Waals surface area contributed by atoms with E-state index in [1.54, 1.807) is 0 Å². The number of aromatic nitrogens is 4. The summed E-state index contributed by atoms with van der Waals surface area (Å²) in [6, 6.07) is 8.11. The molecule has 1 aromatic carbocycles. The van der Waals surface area contributed by atoms with Crippen LogP contribution in [0.5, 0.6) is 0 Å². The van der Waals surface area contributed by atoms with Crippen molar-refractivity contribution in [1.29, 1.82) is 0 Å². The van der Waals surface area contributed by atoms with E-state index in [-0.39, 0.29) is 11.9 Å². The third-order valence-electron chi connectivity index (χ3n) is 3.61. The Morgan fingerprint density at radius 3 is 3.09 bits per heavy atom. The molecule has 7 heteroatoms. The Balaban J connectivity index is 1.65. The van der Waals surface area contributed by atoms with Crippen molar-refractivity contribution < 1.29 is 4.79 Å². The van der Waals surface area contributed by atoms with E-state index >= 15 is 0 Å². The number of nitrogens with zero attached hydrogens (tertiary/aromatic N) is 4. The standard InChI is InChI=1S/C15H12N6O/c22-14(16-15-17-19-20-18-15)11-6-8-21-7-5-10-3-1-2-4-12(10)13(21)9-11/h1-7,9H,8H2,(H2,16,17,18,19,20,22). The fraction of sp³-hybridized carbons (Fsp3) is 0.0667. The van der Waals surface area contributed by atoms with Gasteiger partial charge in [0.05, 0.1) is 0 Å². The number of aromatic amines is 1. The molecular weight excluding hydrogens is 280 g/mol. The second-order valence-electron chi connectivity index (χ2n) is 4.93. The van der Waals surface area contributed by atoms with E-state index in [2.05, 4.69) is 49.0 Å². The van der Waals surface area contributed by atoms with E-state index in [1.165, 1.54) is 0 Å². The van der Waals surface area contributed by atoms with E-state index in [0.717, 1.165) is 16.8 Å². The van der Waals surface area contributed by atoms with Gasteiger partial charge in [-0.2, -0.15) is 5.21 Å². The molecule has 0 fully saturated rings. The molecule has 4 rings (SSSR count). The van der Waals surface area contributed by atoms with Crippen LogP contribution in [0.2, 0.25) is 0 Å². The van der Waals surface area contributed by atoms with Gasteiger partial charge in [0.15, 0.2) is 0 Å². The lowest BCUT2D eigenvalue weighted by Crippen LogP contribution is -2.25. The van der Waals surface area contributed by atoms with Gasteiger partial charge in [0, 0.05) is 29.6 Å². The summed E-state index contributed by atoms with van der Waals surface area (Å²) in [6.45, 7) is 0.645. The number of hydrogen-bond donors (Lipinski definition) is 2. The number of fused-ring (bicyclic) bond motifs is 3. The minimum Gasteiger partial charge on any atom is -0.344 e. The van der Waals surface area contributed by atoms with Gasteiger partial charge in [0.2, 0.25) is 0 Å². The quantitative estimate of drug-likeness (QED) is 0.874. The minimum absolute atomic E-state index is 0.163. The lowest BCUT2D eigenvalue weighted by Gasteiger charge is -2.30. The van der Waals surface area contributed by atoms with Crippen LogP contribution in [0.25, 0.3) is 11.8 Å². The van der Waals surface area contributed by atoms with E-state index < -0.39 is 0 Å². The molecule has 0 unspecified atom stereocenters. The van der Waals surface area contributed by atoms with Crippen molar-refractivity contribution in [2.24, 2.45) is 0 Å². The first-order chi connectivity index (χ1) is 10.8. The Morgan fingerprint density at radius 1 is 1.32 bits per heavy atom. The van der Waals surface area contributed by atoms with Gasteiger partial charge in [-0.05, 0) is 22.9 Å². The first-order valence-corrected chi connectivity index (χ1v) is 6.82. The van der Waals surface area contributed by atoms with Gasteiger partial charge in [-0.3, -0.25) is 10.1 Å². The number of benzene rings is 1. The van der Waals surface area contributed by atoms with Crippen molar-refractivity contribution >= 4 is 23.6 Å². The highest BCUT2D eigenvalue weighted by molar-refractivity contribution is 6.06. The molecule has 7 nitrogen and oxygen atoms in total. The average Bonchev–Trinajstić information content (AvgIpc) is 3.07. The molecule has 0 spiro atoms. The number of tetrazole rings is 1. The minimum atomic E-state index is -0.249. The topological polar surface area (TPSA) is 86.8 Å². The second kappa shape index (κ2) is 4.96. The van der Waals surface area contributed by atoms with Crippen LogP contribution in [-0.4, -0.2) is 38.0 Å². The first kappa shape index (κ1) is 12.5. The summed E-state index contributed by atoms with van der Waals surface area (Å²) in [5, 5.41) is 15.8. The van der Waals surface area contributed by atoms with Crippen molar-refractivity contribution in [3.05, 3.63) is 59.3 Å². The SMILES string of the molecule is O=C(Nc1nn[nH]n1)C1=CCN2C=Cc3ccccc3C2=C1. The van der Waals surface area contributed by atoms with E-state index in [1.807, 2.05) is 30.5 Å². The maximum Gasteiger partial charge on any atom is 0.270 e. The van der Waals surface area contributed by atoms with Crippen LogP contribution in [0.4, 0.5) is 5.95 Å². The molecular formula is C15H12N6O. The molecule has 0 bridgehead atoms. The Labute approximate surface area is 126 Å². The zero-order valence-corrected chi connectivity index (χ0v) is 11.5. The second-order valence-corrected chi connectivity index (χ2v) is 4.93. The molecule has 1 amide bonds. The molecule has 0 radical (unpaired) electrons. The van der Waals surface area contributed by atoms with Crippen molar-refractivity contribution in [2.45, 2.75) is 0 Å². The summed E-state index contributed by atoms with van der Waals surface area (Å²) < 4.78 is 0. The summed E-state index contributed by atoms with van der Waals surface area (Å²) in [5.41, 5.74) is 3.85. The van der Waals surface area contributed by atoms with Gasteiger partial charge < -0.3 is 4.90 Å². The summed E-state index contributed by atoms with van der Waals surface area (Å²) in [4.78, 5) is 14.4. The Hall–Kier alpha value is -3.22. The number of carbonyl (C=O) groups is 1. The fourth-order valence-electron chi connectivity index (χ4n) is 2.55. The molecule has 2 aromatic rings. The molecule has 0 saturated heterocycles. The highest BCUT2D eigenvalue weighted by atomic mass is 16.1. The molecule has 2 aliphatic heterocycles. The summed E-state index contributed by atoms with van der Waals surface area (Å²) in [7, 11) is 0. The molecule has 108 valence electrons. The van der Waals surface area contributed by atoms with E-state index in [4.69, 9.17) is 0 Å². The maximum absolute atomic E-state index is 12.3. The zero-order valence-electron chi connectivity index (χ0n) is 11.5. The van der Waals surface area contributed by atoms with Crippen LogP contribution in [0, 0.1) is 0 Å². The molecule has 0 aliphatic carbocycles. The maximum atomic E-state index is 12.3. The van der Waals surface area contributed by atoms with Crippen molar-refractivity contribution in [1.82, 2.24) is 25.5 Å². The van der Waals surface area contributed by atoms with Crippen LogP contribution in [0.1, 0.15) is 11.1 Å². The molecule has 3 heterocycles. The summed E-state index contributed by atoms with van der Waals surface area (Å²) >= 11 is 0. The molecule has 1 aromatic heterocycles. The Morgan fingerprint density at radius 2 is 2.23 bits per heavy atom.